The van der Waals surface area contributed by atoms with Crippen molar-refractivity contribution >= 4 is 5.91 Å². The van der Waals surface area contributed by atoms with Crippen molar-refractivity contribution in [3.63, 3.8) is 0 Å². The number of hydrogen-bond donors (Lipinski definition) is 0. The van der Waals surface area contributed by atoms with Crippen LogP contribution in [0, 0.1) is 6.92 Å². The van der Waals surface area contributed by atoms with Crippen LogP contribution < -0.4 is 0 Å². The van der Waals surface area contributed by atoms with Crippen molar-refractivity contribution in [3.05, 3.63) is 17.0 Å². The molecule has 20 heavy (non-hydrogen) atoms. The first kappa shape index (κ1) is 15.0. The molecule has 0 saturated carbocycles. The molecule has 0 bridgehead atoms. The number of amides is 1. The minimum Gasteiger partial charge on any atom is -0.361 e. The molecule has 5 nitrogen and oxygen atoms in total. The largest absolute Gasteiger partial charge is 0.361 e. The van der Waals surface area contributed by atoms with Crippen LogP contribution in [0.4, 0.5) is 0 Å². The van der Waals surface area contributed by atoms with Crippen molar-refractivity contribution in [2.24, 2.45) is 0 Å². The summed E-state index contributed by atoms with van der Waals surface area (Å²) in [7, 11) is 0. The topological polar surface area (TPSA) is 49.6 Å². The Morgan fingerprint density at radius 2 is 1.85 bits per heavy atom. The lowest BCUT2D eigenvalue weighted by Crippen LogP contribution is -2.48. The molecule has 1 fully saturated rings. The summed E-state index contributed by atoms with van der Waals surface area (Å²) in [6.45, 7) is 14.6. The molecule has 1 saturated heterocycles. The molecular formula is C15H25N3O2. The summed E-state index contributed by atoms with van der Waals surface area (Å²) in [6, 6.07) is 0. The molecule has 1 aliphatic rings. The predicted octanol–water partition coefficient (Wildman–Crippen LogP) is 2.06. The maximum atomic E-state index is 12.8. The number of rotatable bonds is 2. The van der Waals surface area contributed by atoms with Gasteiger partial charge < -0.3 is 14.3 Å². The molecule has 0 aliphatic carbocycles. The van der Waals surface area contributed by atoms with Crippen molar-refractivity contribution in [1.82, 2.24) is 15.0 Å². The van der Waals surface area contributed by atoms with E-state index >= 15 is 0 Å². The SMILES string of the molecule is CCN1CCN(C(=O)c2c(C(C)(C)C)noc2C)CC1. The molecule has 5 heteroatoms. The van der Waals surface area contributed by atoms with E-state index in [1.807, 2.05) is 11.8 Å². The minimum absolute atomic E-state index is 0.0597. The minimum atomic E-state index is -0.187. The van der Waals surface area contributed by atoms with Crippen LogP contribution in [-0.4, -0.2) is 53.6 Å². The Labute approximate surface area is 120 Å². The van der Waals surface area contributed by atoms with Gasteiger partial charge in [0.1, 0.15) is 17.0 Å². The van der Waals surface area contributed by atoms with Crippen LogP contribution in [0.25, 0.3) is 0 Å². The van der Waals surface area contributed by atoms with Gasteiger partial charge in [-0.15, -0.1) is 0 Å². The van der Waals surface area contributed by atoms with E-state index in [-0.39, 0.29) is 11.3 Å². The maximum Gasteiger partial charge on any atom is 0.259 e. The van der Waals surface area contributed by atoms with Crippen molar-refractivity contribution < 1.29 is 9.32 Å². The predicted molar refractivity (Wildman–Crippen MR) is 78.0 cm³/mol. The first-order valence-electron chi connectivity index (χ1n) is 7.33. The van der Waals surface area contributed by atoms with Gasteiger partial charge in [0.2, 0.25) is 0 Å². The van der Waals surface area contributed by atoms with Gasteiger partial charge in [0.25, 0.3) is 5.91 Å². The molecule has 1 amide bonds. The molecule has 0 unspecified atom stereocenters. The zero-order valence-corrected chi connectivity index (χ0v) is 13.2. The molecule has 1 aromatic rings. The van der Waals surface area contributed by atoms with Gasteiger partial charge in [0.15, 0.2) is 0 Å². The van der Waals surface area contributed by atoms with Gasteiger partial charge in [-0.05, 0) is 13.5 Å². The molecule has 2 heterocycles. The van der Waals surface area contributed by atoms with E-state index in [0.29, 0.717) is 11.3 Å². The van der Waals surface area contributed by atoms with Gasteiger partial charge in [-0.3, -0.25) is 4.79 Å². The highest BCUT2D eigenvalue weighted by atomic mass is 16.5. The van der Waals surface area contributed by atoms with Gasteiger partial charge in [0, 0.05) is 31.6 Å². The second-order valence-corrected chi connectivity index (χ2v) is 6.44. The molecule has 0 aromatic carbocycles. The number of aromatic nitrogens is 1. The summed E-state index contributed by atoms with van der Waals surface area (Å²) in [5.74, 6) is 0.683. The molecule has 0 N–H and O–H groups in total. The molecule has 0 atom stereocenters. The van der Waals surface area contributed by atoms with Crippen molar-refractivity contribution in [3.8, 4) is 0 Å². The third-order valence-corrected chi connectivity index (χ3v) is 3.89. The Bertz CT molecular complexity index is 480. The summed E-state index contributed by atoms with van der Waals surface area (Å²) < 4.78 is 5.27. The maximum absolute atomic E-state index is 12.8. The van der Waals surface area contributed by atoms with Crippen LogP contribution in [0.1, 0.15) is 49.5 Å². The van der Waals surface area contributed by atoms with Crippen molar-refractivity contribution in [2.75, 3.05) is 32.7 Å². The summed E-state index contributed by atoms with van der Waals surface area (Å²) in [5.41, 5.74) is 1.23. The highest BCUT2D eigenvalue weighted by molar-refractivity contribution is 5.96. The number of hydrogen-bond acceptors (Lipinski definition) is 4. The third kappa shape index (κ3) is 2.87. The van der Waals surface area contributed by atoms with Gasteiger partial charge in [-0.25, -0.2) is 0 Å². The van der Waals surface area contributed by atoms with Crippen molar-refractivity contribution in [1.29, 1.82) is 0 Å². The Hall–Kier alpha value is -1.36. The number of aryl methyl sites for hydroxylation is 1. The van der Waals surface area contributed by atoms with Crippen LogP contribution in [0.5, 0.6) is 0 Å². The van der Waals surface area contributed by atoms with Crippen LogP contribution in [0.2, 0.25) is 0 Å². The summed E-state index contributed by atoms with van der Waals surface area (Å²) in [4.78, 5) is 17.0. The van der Waals surface area contributed by atoms with E-state index in [2.05, 4.69) is 37.8 Å². The fraction of sp³-hybridized carbons (Fsp3) is 0.733. The molecular weight excluding hydrogens is 254 g/mol. The standard InChI is InChI=1S/C15H25N3O2/c1-6-17-7-9-18(10-8-17)14(19)12-11(2)20-16-13(12)15(3,4)5/h6-10H2,1-5H3. The van der Waals surface area contributed by atoms with E-state index < -0.39 is 0 Å². The Kier molecular flexibility index (Phi) is 4.18. The van der Waals surface area contributed by atoms with Crippen molar-refractivity contribution in [2.45, 2.75) is 40.0 Å². The number of piperazine rings is 1. The Morgan fingerprint density at radius 3 is 2.35 bits per heavy atom. The normalized spacial score (nSPS) is 17.6. The number of carbonyl (C=O) groups is 1. The van der Waals surface area contributed by atoms with Gasteiger partial charge in [0.05, 0.1) is 0 Å². The average molecular weight is 279 g/mol. The van der Waals surface area contributed by atoms with E-state index in [1.165, 1.54) is 0 Å². The fourth-order valence-corrected chi connectivity index (χ4v) is 2.56. The van der Waals surface area contributed by atoms with Crippen LogP contribution >= 0.6 is 0 Å². The van der Waals surface area contributed by atoms with Gasteiger partial charge in [-0.1, -0.05) is 32.9 Å². The highest BCUT2D eigenvalue weighted by Gasteiger charge is 2.32. The fourth-order valence-electron chi connectivity index (χ4n) is 2.56. The first-order chi connectivity index (χ1) is 9.34. The number of nitrogens with zero attached hydrogens (tertiary/aromatic N) is 3. The third-order valence-electron chi connectivity index (χ3n) is 3.89. The first-order valence-corrected chi connectivity index (χ1v) is 7.33. The van der Waals surface area contributed by atoms with E-state index in [9.17, 15) is 4.79 Å². The van der Waals surface area contributed by atoms with E-state index in [1.54, 1.807) is 0 Å². The Balaban J connectivity index is 2.20. The quantitative estimate of drug-likeness (QED) is 0.831. The average Bonchev–Trinajstić information content (AvgIpc) is 2.80. The van der Waals surface area contributed by atoms with E-state index in [4.69, 9.17) is 4.52 Å². The number of carbonyl (C=O) groups excluding carboxylic acids is 1. The molecule has 0 radical (unpaired) electrons. The smallest absolute Gasteiger partial charge is 0.259 e. The summed E-state index contributed by atoms with van der Waals surface area (Å²) >= 11 is 0. The van der Waals surface area contributed by atoms with Gasteiger partial charge in [-0.2, -0.15) is 0 Å². The molecule has 0 spiro atoms. The molecule has 1 aromatic heterocycles. The zero-order valence-electron chi connectivity index (χ0n) is 13.2. The monoisotopic (exact) mass is 279 g/mol. The van der Waals surface area contributed by atoms with Gasteiger partial charge >= 0.3 is 0 Å². The second-order valence-electron chi connectivity index (χ2n) is 6.44. The lowest BCUT2D eigenvalue weighted by atomic mass is 9.88. The molecule has 1 aliphatic heterocycles. The lowest BCUT2D eigenvalue weighted by molar-refractivity contribution is 0.0639. The highest BCUT2D eigenvalue weighted by Crippen LogP contribution is 2.28. The lowest BCUT2D eigenvalue weighted by Gasteiger charge is -2.34. The van der Waals surface area contributed by atoms with Crippen LogP contribution in [-0.2, 0) is 5.41 Å². The summed E-state index contributed by atoms with van der Waals surface area (Å²) in [5, 5.41) is 4.10. The summed E-state index contributed by atoms with van der Waals surface area (Å²) in [6.07, 6.45) is 0. The van der Waals surface area contributed by atoms with E-state index in [0.717, 1.165) is 38.4 Å². The molecule has 112 valence electrons. The molecule has 2 rings (SSSR count). The zero-order chi connectivity index (χ0) is 14.9. The van der Waals surface area contributed by atoms with Crippen LogP contribution in [0.15, 0.2) is 4.52 Å². The van der Waals surface area contributed by atoms with Crippen LogP contribution in [0.3, 0.4) is 0 Å². The Morgan fingerprint density at radius 1 is 1.25 bits per heavy atom. The second kappa shape index (κ2) is 5.56. The number of likely N-dealkylation sites (N-methyl/N-ethyl adjacent to an activating group) is 1.